The van der Waals surface area contributed by atoms with Crippen LogP contribution in [0.4, 0.5) is 0 Å². The average molecular weight is 409 g/mol. The van der Waals surface area contributed by atoms with Gasteiger partial charge in [0.05, 0.1) is 19.8 Å². The van der Waals surface area contributed by atoms with E-state index in [4.69, 9.17) is 18.9 Å². The topological polar surface area (TPSA) is 66.0 Å². The normalized spacial score (nSPS) is 17.0. The van der Waals surface area contributed by atoms with E-state index in [1.807, 2.05) is 36.4 Å². The molecule has 1 saturated carbocycles. The van der Waals surface area contributed by atoms with Crippen LogP contribution in [0.2, 0.25) is 0 Å². The Balaban J connectivity index is 1.52. The van der Waals surface area contributed by atoms with Crippen molar-refractivity contribution < 1.29 is 23.7 Å². The number of carbonyl (C=O) groups is 1. The molecule has 30 heavy (non-hydrogen) atoms. The molecule has 1 amide bonds. The smallest absolute Gasteiger partial charge is 0.244 e. The summed E-state index contributed by atoms with van der Waals surface area (Å²) < 4.78 is 22.0. The van der Waals surface area contributed by atoms with Crippen LogP contribution in [-0.4, -0.2) is 33.3 Å². The minimum Gasteiger partial charge on any atom is -0.497 e. The molecule has 1 fully saturated rings. The highest BCUT2D eigenvalue weighted by atomic mass is 16.6. The molecule has 1 heterocycles. The van der Waals surface area contributed by atoms with Gasteiger partial charge in [0.15, 0.2) is 11.5 Å². The number of benzene rings is 2. The van der Waals surface area contributed by atoms with Crippen molar-refractivity contribution in [2.75, 3.05) is 27.4 Å². The Morgan fingerprint density at radius 2 is 1.77 bits per heavy atom. The van der Waals surface area contributed by atoms with Gasteiger partial charge in [0.2, 0.25) is 11.7 Å². The Labute approximate surface area is 176 Å². The van der Waals surface area contributed by atoms with Crippen LogP contribution in [0.3, 0.4) is 0 Å². The summed E-state index contributed by atoms with van der Waals surface area (Å²) in [5, 5.41) is 3.25. The highest BCUT2D eigenvalue weighted by molar-refractivity contribution is 5.92. The third-order valence-electron chi connectivity index (χ3n) is 5.74. The summed E-state index contributed by atoms with van der Waals surface area (Å²) in [6.45, 7) is 0.989. The second-order valence-corrected chi connectivity index (χ2v) is 7.59. The van der Waals surface area contributed by atoms with Crippen LogP contribution < -0.4 is 24.3 Å². The molecule has 0 bridgehead atoms. The number of nitrogens with one attached hydrogen (secondary N) is 1. The number of fused-ring (bicyclic) bond motifs is 1. The van der Waals surface area contributed by atoms with Crippen LogP contribution in [0, 0.1) is 0 Å². The third-order valence-corrected chi connectivity index (χ3v) is 5.74. The SMILES string of the molecule is COc1ccc(C2(NC(=O)/C=C/c3cc(OC)c4c(c3)OCCO4)CCCC2)cc1. The summed E-state index contributed by atoms with van der Waals surface area (Å²) in [6, 6.07) is 11.7. The van der Waals surface area contributed by atoms with Crippen molar-refractivity contribution in [1.82, 2.24) is 5.32 Å². The Bertz CT molecular complexity index is 912. The molecular weight excluding hydrogens is 382 g/mol. The minimum absolute atomic E-state index is 0.124. The fourth-order valence-electron chi connectivity index (χ4n) is 4.21. The van der Waals surface area contributed by atoms with Gasteiger partial charge in [0, 0.05) is 6.08 Å². The van der Waals surface area contributed by atoms with Crippen molar-refractivity contribution in [3.8, 4) is 23.0 Å². The Morgan fingerprint density at radius 3 is 2.47 bits per heavy atom. The molecule has 4 rings (SSSR count). The highest BCUT2D eigenvalue weighted by Crippen LogP contribution is 2.41. The number of hydrogen-bond donors (Lipinski definition) is 1. The summed E-state index contributed by atoms with van der Waals surface area (Å²) in [4.78, 5) is 12.8. The summed E-state index contributed by atoms with van der Waals surface area (Å²) in [5.74, 6) is 2.52. The molecule has 158 valence electrons. The van der Waals surface area contributed by atoms with Crippen molar-refractivity contribution in [3.63, 3.8) is 0 Å². The average Bonchev–Trinajstić information content (AvgIpc) is 3.26. The fourth-order valence-corrected chi connectivity index (χ4v) is 4.21. The van der Waals surface area contributed by atoms with E-state index in [0.717, 1.165) is 42.6 Å². The van der Waals surface area contributed by atoms with Crippen LogP contribution >= 0.6 is 0 Å². The first-order valence-corrected chi connectivity index (χ1v) is 10.3. The maximum absolute atomic E-state index is 12.8. The first kappa shape index (κ1) is 20.1. The van der Waals surface area contributed by atoms with Gasteiger partial charge >= 0.3 is 0 Å². The second kappa shape index (κ2) is 8.69. The van der Waals surface area contributed by atoms with Gasteiger partial charge in [0.25, 0.3) is 0 Å². The van der Waals surface area contributed by atoms with E-state index in [9.17, 15) is 4.79 Å². The van der Waals surface area contributed by atoms with Crippen molar-refractivity contribution in [3.05, 3.63) is 53.6 Å². The predicted octanol–water partition coefficient (Wildman–Crippen LogP) is 4.07. The lowest BCUT2D eigenvalue weighted by molar-refractivity contribution is -0.118. The van der Waals surface area contributed by atoms with E-state index in [0.29, 0.717) is 30.5 Å². The number of hydrogen-bond acceptors (Lipinski definition) is 5. The lowest BCUT2D eigenvalue weighted by atomic mass is 9.88. The van der Waals surface area contributed by atoms with Crippen LogP contribution in [0.5, 0.6) is 23.0 Å². The molecule has 6 heteroatoms. The predicted molar refractivity (Wildman–Crippen MR) is 114 cm³/mol. The van der Waals surface area contributed by atoms with Gasteiger partial charge in [-0.3, -0.25) is 4.79 Å². The Hall–Kier alpha value is -3.15. The molecule has 0 atom stereocenters. The number of methoxy groups -OCH3 is 2. The zero-order chi connectivity index (χ0) is 21.0. The number of carbonyl (C=O) groups excluding carboxylic acids is 1. The molecule has 1 aliphatic heterocycles. The second-order valence-electron chi connectivity index (χ2n) is 7.59. The van der Waals surface area contributed by atoms with Crippen molar-refractivity contribution in [2.45, 2.75) is 31.2 Å². The van der Waals surface area contributed by atoms with Gasteiger partial charge in [0.1, 0.15) is 19.0 Å². The quantitative estimate of drug-likeness (QED) is 0.729. The van der Waals surface area contributed by atoms with E-state index < -0.39 is 0 Å². The zero-order valence-electron chi connectivity index (χ0n) is 17.4. The molecule has 2 aliphatic rings. The van der Waals surface area contributed by atoms with E-state index >= 15 is 0 Å². The summed E-state index contributed by atoms with van der Waals surface area (Å²) in [5.41, 5.74) is 1.60. The first-order valence-electron chi connectivity index (χ1n) is 10.3. The molecule has 1 aliphatic carbocycles. The number of rotatable bonds is 6. The summed E-state index contributed by atoms with van der Waals surface area (Å²) in [7, 11) is 3.24. The summed E-state index contributed by atoms with van der Waals surface area (Å²) >= 11 is 0. The monoisotopic (exact) mass is 409 g/mol. The fraction of sp³-hybridized carbons (Fsp3) is 0.375. The Morgan fingerprint density at radius 1 is 1.03 bits per heavy atom. The maximum atomic E-state index is 12.8. The van der Waals surface area contributed by atoms with Crippen LogP contribution in [0.1, 0.15) is 36.8 Å². The first-order chi connectivity index (χ1) is 14.6. The Kier molecular flexibility index (Phi) is 5.84. The van der Waals surface area contributed by atoms with Crippen LogP contribution in [0.15, 0.2) is 42.5 Å². The molecule has 0 radical (unpaired) electrons. The zero-order valence-corrected chi connectivity index (χ0v) is 17.4. The van der Waals surface area contributed by atoms with E-state index in [1.54, 1.807) is 26.4 Å². The van der Waals surface area contributed by atoms with E-state index in [-0.39, 0.29) is 11.4 Å². The lowest BCUT2D eigenvalue weighted by Crippen LogP contribution is -2.43. The van der Waals surface area contributed by atoms with Crippen molar-refractivity contribution in [2.24, 2.45) is 0 Å². The van der Waals surface area contributed by atoms with E-state index in [1.165, 1.54) is 0 Å². The molecule has 0 spiro atoms. The third kappa shape index (κ3) is 4.08. The van der Waals surface area contributed by atoms with E-state index in [2.05, 4.69) is 5.32 Å². The molecule has 0 aromatic heterocycles. The van der Waals surface area contributed by atoms with Gasteiger partial charge in [-0.15, -0.1) is 0 Å². The van der Waals surface area contributed by atoms with Gasteiger partial charge in [-0.1, -0.05) is 25.0 Å². The van der Waals surface area contributed by atoms with Crippen molar-refractivity contribution in [1.29, 1.82) is 0 Å². The van der Waals surface area contributed by atoms with Crippen molar-refractivity contribution >= 4 is 12.0 Å². The lowest BCUT2D eigenvalue weighted by Gasteiger charge is -2.30. The summed E-state index contributed by atoms with van der Waals surface area (Å²) in [6.07, 6.45) is 7.37. The van der Waals surface area contributed by atoms with Gasteiger partial charge in [-0.05, 0) is 54.3 Å². The molecule has 6 nitrogen and oxygen atoms in total. The molecule has 0 saturated heterocycles. The largest absolute Gasteiger partial charge is 0.497 e. The molecule has 1 N–H and O–H groups in total. The standard InChI is InChI=1S/C24H27NO5/c1-27-19-8-6-18(7-9-19)24(11-3-4-12-24)25-22(26)10-5-17-15-20(28-2)23-21(16-17)29-13-14-30-23/h5-10,15-16H,3-4,11-14H2,1-2H3,(H,25,26)/b10-5+. The molecule has 2 aromatic carbocycles. The molecule has 0 unspecified atom stereocenters. The molecular formula is C24H27NO5. The molecule has 2 aromatic rings. The van der Waals surface area contributed by atoms with Gasteiger partial charge < -0.3 is 24.3 Å². The minimum atomic E-state index is -0.335. The maximum Gasteiger partial charge on any atom is 0.244 e. The highest BCUT2D eigenvalue weighted by Gasteiger charge is 2.36. The van der Waals surface area contributed by atoms with Crippen LogP contribution in [0.25, 0.3) is 6.08 Å². The number of ether oxygens (including phenoxy) is 4. The number of amides is 1. The van der Waals surface area contributed by atoms with Gasteiger partial charge in [-0.2, -0.15) is 0 Å². The van der Waals surface area contributed by atoms with Crippen LogP contribution in [-0.2, 0) is 10.3 Å². The van der Waals surface area contributed by atoms with Gasteiger partial charge in [-0.25, -0.2) is 0 Å².